The molecule has 2 aromatic carbocycles. The first kappa shape index (κ1) is 11.9. The van der Waals surface area contributed by atoms with Gasteiger partial charge in [-0.1, -0.05) is 29.8 Å². The van der Waals surface area contributed by atoms with Crippen LogP contribution in [-0.4, -0.2) is 6.29 Å². The lowest BCUT2D eigenvalue weighted by Crippen LogP contribution is -1.91. The van der Waals surface area contributed by atoms with Gasteiger partial charge in [-0.2, -0.15) is 0 Å². The first-order chi connectivity index (χ1) is 8.11. The van der Waals surface area contributed by atoms with Gasteiger partial charge in [-0.25, -0.2) is 0 Å². The molecule has 0 spiro atoms. The van der Waals surface area contributed by atoms with E-state index >= 15 is 0 Å². The van der Waals surface area contributed by atoms with E-state index in [2.05, 4.69) is 0 Å². The van der Waals surface area contributed by atoms with E-state index in [1.54, 1.807) is 0 Å². The average Bonchev–Trinajstić information content (AvgIpc) is 2.31. The van der Waals surface area contributed by atoms with Crippen molar-refractivity contribution in [1.82, 2.24) is 0 Å². The lowest BCUT2D eigenvalue weighted by Gasteiger charge is -2.09. The summed E-state index contributed by atoms with van der Waals surface area (Å²) in [5.74, 6) is 0. The van der Waals surface area contributed by atoms with Gasteiger partial charge >= 0.3 is 0 Å². The van der Waals surface area contributed by atoms with Gasteiger partial charge in [0.25, 0.3) is 0 Å². The molecule has 0 heterocycles. The molecular weight excluding hydrogens is 232 g/mol. The van der Waals surface area contributed by atoms with Crippen LogP contribution in [0.4, 0.5) is 0 Å². The number of halogens is 1. The predicted molar refractivity (Wildman–Crippen MR) is 71.7 cm³/mol. The van der Waals surface area contributed by atoms with Crippen molar-refractivity contribution in [2.45, 2.75) is 13.8 Å². The van der Waals surface area contributed by atoms with Gasteiger partial charge < -0.3 is 0 Å². The van der Waals surface area contributed by atoms with Crippen molar-refractivity contribution in [2.75, 3.05) is 0 Å². The van der Waals surface area contributed by atoms with Crippen molar-refractivity contribution in [3.8, 4) is 11.1 Å². The van der Waals surface area contributed by atoms with Crippen molar-refractivity contribution >= 4 is 17.9 Å². The van der Waals surface area contributed by atoms with E-state index in [0.717, 1.165) is 39.1 Å². The highest BCUT2D eigenvalue weighted by atomic mass is 35.5. The summed E-state index contributed by atoms with van der Waals surface area (Å²) in [7, 11) is 0. The number of hydrogen-bond donors (Lipinski definition) is 0. The summed E-state index contributed by atoms with van der Waals surface area (Å²) in [5, 5.41) is 0.721. The molecule has 0 saturated carbocycles. The Balaban J connectivity index is 2.60. The Labute approximate surface area is 106 Å². The number of hydrogen-bond acceptors (Lipinski definition) is 1. The molecule has 1 nitrogen and oxygen atoms in total. The van der Waals surface area contributed by atoms with Gasteiger partial charge in [0, 0.05) is 10.6 Å². The molecule has 0 atom stereocenters. The minimum Gasteiger partial charge on any atom is -0.298 e. The molecule has 2 rings (SSSR count). The summed E-state index contributed by atoms with van der Waals surface area (Å²) in [4.78, 5) is 10.9. The molecule has 0 N–H and O–H groups in total. The molecule has 2 heteroatoms. The van der Waals surface area contributed by atoms with Crippen LogP contribution in [0.15, 0.2) is 36.4 Å². The number of aryl methyl sites for hydroxylation is 2. The van der Waals surface area contributed by atoms with E-state index < -0.39 is 0 Å². The quantitative estimate of drug-likeness (QED) is 0.714. The fraction of sp³-hybridized carbons (Fsp3) is 0.133. The average molecular weight is 245 g/mol. The van der Waals surface area contributed by atoms with Crippen LogP contribution in [0.25, 0.3) is 11.1 Å². The topological polar surface area (TPSA) is 17.1 Å². The highest BCUT2D eigenvalue weighted by Crippen LogP contribution is 2.27. The Morgan fingerprint density at radius 1 is 1.06 bits per heavy atom. The molecule has 2 aromatic rings. The van der Waals surface area contributed by atoms with E-state index in [1.165, 1.54) is 0 Å². The molecule has 0 aromatic heterocycles. The molecule has 0 fully saturated rings. The zero-order chi connectivity index (χ0) is 12.4. The molecule has 0 amide bonds. The van der Waals surface area contributed by atoms with Crippen LogP contribution in [0.1, 0.15) is 21.5 Å². The zero-order valence-electron chi connectivity index (χ0n) is 9.83. The van der Waals surface area contributed by atoms with Crippen LogP contribution in [0.5, 0.6) is 0 Å². The summed E-state index contributed by atoms with van der Waals surface area (Å²) < 4.78 is 0. The first-order valence-electron chi connectivity index (χ1n) is 5.44. The number of aldehydes is 1. The summed E-state index contributed by atoms with van der Waals surface area (Å²) in [6.45, 7) is 3.94. The van der Waals surface area contributed by atoms with Crippen molar-refractivity contribution in [3.63, 3.8) is 0 Å². The van der Waals surface area contributed by atoms with Crippen LogP contribution >= 0.6 is 11.6 Å². The zero-order valence-corrected chi connectivity index (χ0v) is 10.6. The van der Waals surface area contributed by atoms with Gasteiger partial charge in [-0.3, -0.25) is 4.79 Å². The third-order valence-electron chi connectivity index (χ3n) is 2.88. The monoisotopic (exact) mass is 244 g/mol. The fourth-order valence-corrected chi connectivity index (χ4v) is 2.12. The molecule has 0 aliphatic rings. The minimum atomic E-state index is 0.721. The van der Waals surface area contributed by atoms with Crippen molar-refractivity contribution < 1.29 is 4.79 Å². The SMILES string of the molecule is Cc1cc(-c2cccc(Cl)c2)c(C)cc1C=O. The van der Waals surface area contributed by atoms with Crippen LogP contribution in [0, 0.1) is 13.8 Å². The fourth-order valence-electron chi connectivity index (χ4n) is 1.93. The van der Waals surface area contributed by atoms with Crippen molar-refractivity contribution in [3.05, 3.63) is 58.1 Å². The summed E-state index contributed by atoms with van der Waals surface area (Å²) in [6, 6.07) is 11.7. The molecule has 0 unspecified atom stereocenters. The van der Waals surface area contributed by atoms with Crippen LogP contribution in [0.3, 0.4) is 0 Å². The highest BCUT2D eigenvalue weighted by Gasteiger charge is 2.06. The third-order valence-corrected chi connectivity index (χ3v) is 3.11. The second-order valence-electron chi connectivity index (χ2n) is 4.15. The predicted octanol–water partition coefficient (Wildman–Crippen LogP) is 4.44. The van der Waals surface area contributed by atoms with E-state index in [4.69, 9.17) is 11.6 Å². The van der Waals surface area contributed by atoms with Gasteiger partial charge in [-0.15, -0.1) is 0 Å². The maximum absolute atomic E-state index is 10.9. The number of benzene rings is 2. The van der Waals surface area contributed by atoms with Crippen LogP contribution in [-0.2, 0) is 0 Å². The molecule has 0 aliphatic heterocycles. The second kappa shape index (κ2) is 4.72. The summed E-state index contributed by atoms with van der Waals surface area (Å²) in [6.07, 6.45) is 0.893. The van der Waals surface area contributed by atoms with Gasteiger partial charge in [0.05, 0.1) is 0 Å². The Kier molecular flexibility index (Phi) is 3.30. The maximum Gasteiger partial charge on any atom is 0.150 e. The van der Waals surface area contributed by atoms with Crippen LogP contribution in [0.2, 0.25) is 5.02 Å². The van der Waals surface area contributed by atoms with Gasteiger partial charge in [0.15, 0.2) is 0 Å². The molecule has 0 aliphatic carbocycles. The Morgan fingerprint density at radius 2 is 1.82 bits per heavy atom. The Hall–Kier alpha value is -1.60. The molecular formula is C15H13ClO. The lowest BCUT2D eigenvalue weighted by molar-refractivity contribution is 0.112. The third kappa shape index (κ3) is 2.40. The first-order valence-corrected chi connectivity index (χ1v) is 5.82. The Bertz CT molecular complexity index is 573. The molecule has 0 saturated heterocycles. The summed E-state index contributed by atoms with van der Waals surface area (Å²) in [5.41, 5.74) is 5.01. The van der Waals surface area contributed by atoms with Crippen molar-refractivity contribution in [2.24, 2.45) is 0 Å². The maximum atomic E-state index is 10.9. The smallest absolute Gasteiger partial charge is 0.150 e. The van der Waals surface area contributed by atoms with Gasteiger partial charge in [0.1, 0.15) is 6.29 Å². The Morgan fingerprint density at radius 3 is 2.47 bits per heavy atom. The van der Waals surface area contributed by atoms with E-state index in [-0.39, 0.29) is 0 Å². The number of carbonyl (C=O) groups is 1. The number of carbonyl (C=O) groups excluding carboxylic acids is 1. The van der Waals surface area contributed by atoms with Crippen molar-refractivity contribution in [1.29, 1.82) is 0 Å². The van der Waals surface area contributed by atoms with Gasteiger partial charge in [-0.05, 0) is 54.3 Å². The normalized spacial score (nSPS) is 10.3. The molecule has 0 bridgehead atoms. The van der Waals surface area contributed by atoms with Crippen LogP contribution < -0.4 is 0 Å². The standard InChI is InChI=1S/C15H13ClO/c1-10-7-15(11(2)6-13(10)9-17)12-4-3-5-14(16)8-12/h3-9H,1-2H3. The van der Waals surface area contributed by atoms with E-state index in [0.29, 0.717) is 0 Å². The molecule has 0 radical (unpaired) electrons. The lowest BCUT2D eigenvalue weighted by atomic mass is 9.95. The molecule has 17 heavy (non-hydrogen) atoms. The van der Waals surface area contributed by atoms with Gasteiger partial charge in [0.2, 0.25) is 0 Å². The second-order valence-corrected chi connectivity index (χ2v) is 4.59. The summed E-state index contributed by atoms with van der Waals surface area (Å²) >= 11 is 5.99. The minimum absolute atomic E-state index is 0.721. The van der Waals surface area contributed by atoms with E-state index in [1.807, 2.05) is 50.2 Å². The molecule has 86 valence electrons. The largest absolute Gasteiger partial charge is 0.298 e. The number of rotatable bonds is 2. The van der Waals surface area contributed by atoms with E-state index in [9.17, 15) is 4.79 Å². The highest BCUT2D eigenvalue weighted by molar-refractivity contribution is 6.30.